The van der Waals surface area contributed by atoms with Crippen LogP contribution in [0.5, 0.6) is 5.88 Å². The number of ketones is 1. The average Bonchev–Trinajstić information content (AvgIpc) is 3.05. The fourth-order valence-electron chi connectivity index (χ4n) is 3.18. The van der Waals surface area contributed by atoms with Gasteiger partial charge < -0.3 is 10.1 Å². The van der Waals surface area contributed by atoms with E-state index in [1.54, 1.807) is 0 Å². The lowest BCUT2D eigenvalue weighted by Gasteiger charge is -2.22. The van der Waals surface area contributed by atoms with Crippen LogP contribution in [0.4, 0.5) is 5.82 Å². The van der Waals surface area contributed by atoms with Crippen molar-refractivity contribution in [2.24, 2.45) is 0 Å². The summed E-state index contributed by atoms with van der Waals surface area (Å²) < 4.78 is 5.68. The lowest BCUT2D eigenvalue weighted by atomic mass is 10.1. The number of hydrogen-bond acceptors (Lipinski definition) is 5. The third kappa shape index (κ3) is 3.39. The summed E-state index contributed by atoms with van der Waals surface area (Å²) in [6.45, 7) is 2.76. The van der Waals surface area contributed by atoms with E-state index in [4.69, 9.17) is 4.74 Å². The summed E-state index contributed by atoms with van der Waals surface area (Å²) in [5.41, 5.74) is 1.05. The van der Waals surface area contributed by atoms with Crippen LogP contribution < -0.4 is 10.1 Å². The van der Waals surface area contributed by atoms with Gasteiger partial charge in [-0.2, -0.15) is 4.98 Å². The Bertz CT molecular complexity index is 539. The number of fused-ring (bicyclic) bond motifs is 1. The Labute approximate surface area is 131 Å². The second kappa shape index (κ2) is 7.07. The molecule has 120 valence electrons. The molecule has 5 heteroatoms. The molecule has 0 spiro atoms. The average molecular weight is 303 g/mol. The highest BCUT2D eigenvalue weighted by atomic mass is 16.5. The molecule has 1 aliphatic heterocycles. The van der Waals surface area contributed by atoms with Crippen LogP contribution in [0.1, 0.15) is 74.5 Å². The highest BCUT2D eigenvalue weighted by molar-refractivity contribution is 5.93. The number of carbonyl (C=O) groups excluding carboxylic acids is 1. The number of nitrogens with zero attached hydrogens (tertiary/aromatic N) is 2. The van der Waals surface area contributed by atoms with E-state index in [1.807, 2.05) is 0 Å². The standard InChI is InChI=1S/C17H25N3O2/c1-2-3-10-14(21)16-19-15(18-12-7-4-5-8-12)13-9-6-11-22-17(13)20-16/h12H,2-11H2,1H3,(H,18,19,20). The largest absolute Gasteiger partial charge is 0.477 e. The highest BCUT2D eigenvalue weighted by Gasteiger charge is 2.24. The van der Waals surface area contributed by atoms with Gasteiger partial charge in [-0.05, 0) is 32.1 Å². The fourth-order valence-corrected chi connectivity index (χ4v) is 3.18. The van der Waals surface area contributed by atoms with E-state index >= 15 is 0 Å². The Morgan fingerprint density at radius 1 is 1.27 bits per heavy atom. The molecule has 5 nitrogen and oxygen atoms in total. The Balaban J connectivity index is 1.86. The molecule has 0 amide bonds. The van der Waals surface area contributed by atoms with Crippen molar-refractivity contribution >= 4 is 11.6 Å². The summed E-state index contributed by atoms with van der Waals surface area (Å²) >= 11 is 0. The molecule has 1 saturated carbocycles. The lowest BCUT2D eigenvalue weighted by molar-refractivity contribution is 0.0968. The zero-order valence-corrected chi connectivity index (χ0v) is 13.4. The van der Waals surface area contributed by atoms with Crippen molar-refractivity contribution in [3.05, 3.63) is 11.4 Å². The van der Waals surface area contributed by atoms with Crippen LogP contribution in [0.2, 0.25) is 0 Å². The molecule has 2 aliphatic rings. The summed E-state index contributed by atoms with van der Waals surface area (Å²) in [4.78, 5) is 21.2. The van der Waals surface area contributed by atoms with E-state index in [0.29, 0.717) is 30.8 Å². The Hall–Kier alpha value is -1.65. The van der Waals surface area contributed by atoms with Gasteiger partial charge in [-0.15, -0.1) is 0 Å². The summed E-state index contributed by atoms with van der Waals surface area (Å²) in [5, 5.41) is 3.54. The molecular weight excluding hydrogens is 278 g/mol. The molecule has 22 heavy (non-hydrogen) atoms. The van der Waals surface area contributed by atoms with Crippen molar-refractivity contribution in [3.8, 4) is 5.88 Å². The van der Waals surface area contributed by atoms with E-state index in [2.05, 4.69) is 22.2 Å². The Morgan fingerprint density at radius 3 is 2.86 bits per heavy atom. The number of rotatable bonds is 6. The molecule has 1 fully saturated rings. The summed E-state index contributed by atoms with van der Waals surface area (Å²) in [7, 11) is 0. The van der Waals surface area contributed by atoms with Crippen molar-refractivity contribution in [2.75, 3.05) is 11.9 Å². The van der Waals surface area contributed by atoms with E-state index in [-0.39, 0.29) is 5.78 Å². The van der Waals surface area contributed by atoms with E-state index in [1.165, 1.54) is 25.7 Å². The maximum atomic E-state index is 12.3. The molecule has 0 saturated heterocycles. The molecular formula is C17H25N3O2. The fraction of sp³-hybridized carbons (Fsp3) is 0.706. The van der Waals surface area contributed by atoms with E-state index in [9.17, 15) is 4.79 Å². The molecule has 2 heterocycles. The van der Waals surface area contributed by atoms with Crippen molar-refractivity contribution < 1.29 is 9.53 Å². The highest BCUT2D eigenvalue weighted by Crippen LogP contribution is 2.31. The molecule has 0 radical (unpaired) electrons. The van der Waals surface area contributed by atoms with Gasteiger partial charge in [0.05, 0.1) is 12.2 Å². The number of carbonyl (C=O) groups is 1. The predicted octanol–water partition coefficient (Wildman–Crippen LogP) is 3.53. The van der Waals surface area contributed by atoms with Crippen LogP contribution in [0.3, 0.4) is 0 Å². The second-order valence-corrected chi connectivity index (χ2v) is 6.28. The minimum Gasteiger partial charge on any atom is -0.477 e. The van der Waals surface area contributed by atoms with Gasteiger partial charge in [0.15, 0.2) is 5.78 Å². The van der Waals surface area contributed by atoms with Crippen LogP contribution in [0.25, 0.3) is 0 Å². The molecule has 0 unspecified atom stereocenters. The maximum Gasteiger partial charge on any atom is 0.222 e. The minimum atomic E-state index is 0.0216. The number of aromatic nitrogens is 2. The number of nitrogens with one attached hydrogen (secondary N) is 1. The van der Waals surface area contributed by atoms with Gasteiger partial charge in [-0.3, -0.25) is 4.79 Å². The molecule has 1 aromatic rings. The summed E-state index contributed by atoms with van der Waals surface area (Å²) in [6.07, 6.45) is 9.20. The van der Waals surface area contributed by atoms with Crippen LogP contribution in [0, 0.1) is 0 Å². The van der Waals surface area contributed by atoms with E-state index < -0.39 is 0 Å². The molecule has 3 rings (SSSR count). The first kappa shape index (κ1) is 15.3. The summed E-state index contributed by atoms with van der Waals surface area (Å²) in [6, 6.07) is 0.472. The molecule has 0 aromatic carbocycles. The SMILES string of the molecule is CCCCC(=O)c1nc(NC2CCCC2)c2c(n1)OCCC2. The lowest BCUT2D eigenvalue weighted by Crippen LogP contribution is -2.22. The van der Waals surface area contributed by atoms with Crippen molar-refractivity contribution in [3.63, 3.8) is 0 Å². The minimum absolute atomic E-state index is 0.0216. The maximum absolute atomic E-state index is 12.3. The molecule has 0 bridgehead atoms. The molecule has 1 aromatic heterocycles. The van der Waals surface area contributed by atoms with Gasteiger partial charge in [0.25, 0.3) is 0 Å². The number of unbranched alkanes of at least 4 members (excludes halogenated alkanes) is 1. The van der Waals surface area contributed by atoms with Gasteiger partial charge in [-0.25, -0.2) is 4.98 Å². The van der Waals surface area contributed by atoms with Crippen LogP contribution in [-0.2, 0) is 6.42 Å². The third-order valence-corrected chi connectivity index (χ3v) is 4.48. The number of ether oxygens (including phenoxy) is 1. The number of anilines is 1. The first-order chi connectivity index (χ1) is 10.8. The van der Waals surface area contributed by atoms with Gasteiger partial charge >= 0.3 is 0 Å². The van der Waals surface area contributed by atoms with Crippen LogP contribution >= 0.6 is 0 Å². The Kier molecular flexibility index (Phi) is 4.90. The number of Topliss-reactive ketones (excluding diaryl/α,β-unsaturated/α-hetero) is 1. The Morgan fingerprint density at radius 2 is 2.09 bits per heavy atom. The van der Waals surface area contributed by atoms with Crippen molar-refractivity contribution in [1.29, 1.82) is 0 Å². The van der Waals surface area contributed by atoms with Crippen molar-refractivity contribution in [1.82, 2.24) is 9.97 Å². The zero-order valence-electron chi connectivity index (χ0n) is 13.4. The normalized spacial score (nSPS) is 17.9. The molecule has 0 atom stereocenters. The van der Waals surface area contributed by atoms with Crippen LogP contribution in [0.15, 0.2) is 0 Å². The predicted molar refractivity (Wildman–Crippen MR) is 85.6 cm³/mol. The molecule has 1 N–H and O–H groups in total. The van der Waals surface area contributed by atoms with Crippen LogP contribution in [-0.4, -0.2) is 28.4 Å². The monoisotopic (exact) mass is 303 g/mol. The first-order valence-electron chi connectivity index (χ1n) is 8.61. The van der Waals surface area contributed by atoms with Gasteiger partial charge in [0.1, 0.15) is 5.82 Å². The molecule has 1 aliphatic carbocycles. The summed E-state index contributed by atoms with van der Waals surface area (Å²) in [5.74, 6) is 1.78. The van der Waals surface area contributed by atoms with Gasteiger partial charge in [-0.1, -0.05) is 26.2 Å². The third-order valence-electron chi connectivity index (χ3n) is 4.48. The van der Waals surface area contributed by atoms with Crippen molar-refractivity contribution in [2.45, 2.75) is 70.8 Å². The second-order valence-electron chi connectivity index (χ2n) is 6.28. The van der Waals surface area contributed by atoms with Gasteiger partial charge in [0.2, 0.25) is 11.7 Å². The first-order valence-corrected chi connectivity index (χ1v) is 8.61. The number of hydrogen-bond donors (Lipinski definition) is 1. The topological polar surface area (TPSA) is 64.1 Å². The smallest absolute Gasteiger partial charge is 0.222 e. The zero-order chi connectivity index (χ0) is 15.4. The quantitative estimate of drug-likeness (QED) is 0.814. The van der Waals surface area contributed by atoms with Gasteiger partial charge in [0, 0.05) is 12.5 Å². The van der Waals surface area contributed by atoms with E-state index in [0.717, 1.165) is 37.1 Å².